The average Bonchev–Trinajstić information content (AvgIpc) is 2.79. The Kier molecular flexibility index (Phi) is 4.12. The summed E-state index contributed by atoms with van der Waals surface area (Å²) in [6.45, 7) is 3.90. The number of nitrogens with zero attached hydrogens (tertiary/aromatic N) is 3. The Bertz CT molecular complexity index is 464. The van der Waals surface area contributed by atoms with Crippen molar-refractivity contribution in [3.63, 3.8) is 0 Å². The Morgan fingerprint density at radius 3 is 2.76 bits per heavy atom. The normalized spacial score (nSPS) is 10.7. The van der Waals surface area contributed by atoms with E-state index in [0.29, 0.717) is 0 Å². The van der Waals surface area contributed by atoms with E-state index < -0.39 is 0 Å². The second kappa shape index (κ2) is 5.80. The lowest BCUT2D eigenvalue weighted by molar-refractivity contribution is 0.641. The van der Waals surface area contributed by atoms with Gasteiger partial charge in [0, 0.05) is 11.6 Å². The summed E-state index contributed by atoms with van der Waals surface area (Å²) in [5.41, 5.74) is 2.01. The molecule has 90 valence electrons. The second-order valence-electron chi connectivity index (χ2n) is 3.79. The van der Waals surface area contributed by atoms with Crippen LogP contribution in [0.3, 0.4) is 0 Å². The van der Waals surface area contributed by atoms with E-state index in [9.17, 15) is 0 Å². The fourth-order valence-electron chi connectivity index (χ4n) is 1.57. The Morgan fingerprint density at radius 2 is 2.06 bits per heavy atom. The van der Waals surface area contributed by atoms with Crippen molar-refractivity contribution in [2.24, 2.45) is 0 Å². The van der Waals surface area contributed by atoms with Gasteiger partial charge in [-0.3, -0.25) is 0 Å². The van der Waals surface area contributed by atoms with Crippen LogP contribution in [0.1, 0.15) is 19.0 Å². The summed E-state index contributed by atoms with van der Waals surface area (Å²) in [7, 11) is 0. The van der Waals surface area contributed by atoms with Crippen molar-refractivity contribution in [3.05, 3.63) is 41.2 Å². The van der Waals surface area contributed by atoms with Crippen molar-refractivity contribution < 1.29 is 0 Å². The Morgan fingerprint density at radius 1 is 1.29 bits per heavy atom. The number of nitrogens with one attached hydrogen (secondary N) is 1. The van der Waals surface area contributed by atoms with Gasteiger partial charge in [0.15, 0.2) is 0 Å². The number of hydrogen-bond acceptors (Lipinski definition) is 3. The number of benzene rings is 1. The molecule has 17 heavy (non-hydrogen) atoms. The van der Waals surface area contributed by atoms with Crippen molar-refractivity contribution in [3.8, 4) is 5.69 Å². The van der Waals surface area contributed by atoms with Gasteiger partial charge in [-0.05, 0) is 37.2 Å². The monoisotopic (exact) mass is 250 g/mol. The maximum absolute atomic E-state index is 5.86. The summed E-state index contributed by atoms with van der Waals surface area (Å²) in [5, 5.41) is 12.1. The molecule has 0 fully saturated rings. The molecule has 0 spiro atoms. The lowest BCUT2D eigenvalue weighted by Crippen LogP contribution is -2.16. The lowest BCUT2D eigenvalue weighted by Gasteiger charge is -2.06. The van der Waals surface area contributed by atoms with E-state index in [2.05, 4.69) is 22.6 Å². The molecule has 0 atom stereocenters. The molecule has 4 nitrogen and oxygen atoms in total. The van der Waals surface area contributed by atoms with E-state index in [1.807, 2.05) is 28.9 Å². The second-order valence-corrected chi connectivity index (χ2v) is 4.23. The molecule has 2 rings (SSSR count). The first-order valence-corrected chi connectivity index (χ1v) is 6.05. The van der Waals surface area contributed by atoms with Crippen LogP contribution in [0.15, 0.2) is 30.5 Å². The van der Waals surface area contributed by atoms with Crippen molar-refractivity contribution in [1.82, 2.24) is 20.3 Å². The van der Waals surface area contributed by atoms with Crippen molar-refractivity contribution >= 4 is 11.6 Å². The molecule has 0 aliphatic rings. The van der Waals surface area contributed by atoms with E-state index >= 15 is 0 Å². The largest absolute Gasteiger partial charge is 0.311 e. The predicted molar refractivity (Wildman–Crippen MR) is 68.4 cm³/mol. The predicted octanol–water partition coefficient (Wildman–Crippen LogP) is 2.42. The molecule has 2 aromatic rings. The molecule has 0 radical (unpaired) electrons. The Labute approximate surface area is 106 Å². The minimum atomic E-state index is 0.722. The Balaban J connectivity index is 2.15. The van der Waals surface area contributed by atoms with Gasteiger partial charge >= 0.3 is 0 Å². The molecule has 0 aliphatic carbocycles. The van der Waals surface area contributed by atoms with Crippen LogP contribution in [-0.2, 0) is 6.54 Å². The molecule has 1 N–H and O–H groups in total. The maximum atomic E-state index is 5.86. The van der Waals surface area contributed by atoms with E-state index in [0.717, 1.165) is 35.9 Å². The van der Waals surface area contributed by atoms with Crippen LogP contribution in [0.25, 0.3) is 5.69 Å². The van der Waals surface area contributed by atoms with Gasteiger partial charge in [-0.25, -0.2) is 4.68 Å². The summed E-state index contributed by atoms with van der Waals surface area (Å²) in [6.07, 6.45) is 2.89. The van der Waals surface area contributed by atoms with E-state index in [1.165, 1.54) is 0 Å². The van der Waals surface area contributed by atoms with Gasteiger partial charge in [0.25, 0.3) is 0 Å². The van der Waals surface area contributed by atoms with Crippen molar-refractivity contribution in [2.45, 2.75) is 19.9 Å². The third-order valence-electron chi connectivity index (χ3n) is 2.42. The Hall–Kier alpha value is -1.39. The zero-order valence-electron chi connectivity index (χ0n) is 9.73. The molecular weight excluding hydrogens is 236 g/mol. The zero-order chi connectivity index (χ0) is 12.1. The number of hydrogen-bond donors (Lipinski definition) is 1. The number of halogens is 1. The molecule has 0 bridgehead atoms. The standard InChI is InChI=1S/C12H15ClN4/c1-2-7-14-8-12-9-15-16-17(12)11-5-3-10(13)4-6-11/h3-6,9,14H,2,7-8H2,1H3. The van der Waals surface area contributed by atoms with Crippen LogP contribution in [0.4, 0.5) is 0 Å². The van der Waals surface area contributed by atoms with Crippen LogP contribution in [0, 0.1) is 0 Å². The highest BCUT2D eigenvalue weighted by atomic mass is 35.5. The maximum Gasteiger partial charge on any atom is 0.0783 e. The highest BCUT2D eigenvalue weighted by Gasteiger charge is 2.05. The van der Waals surface area contributed by atoms with E-state index in [1.54, 1.807) is 6.20 Å². The summed E-state index contributed by atoms with van der Waals surface area (Å²) >= 11 is 5.86. The SMILES string of the molecule is CCCNCc1cnnn1-c1ccc(Cl)cc1. The quantitative estimate of drug-likeness (QED) is 0.829. The first-order valence-electron chi connectivity index (χ1n) is 5.67. The highest BCUT2D eigenvalue weighted by Crippen LogP contribution is 2.13. The third-order valence-corrected chi connectivity index (χ3v) is 2.68. The topological polar surface area (TPSA) is 42.7 Å². The van der Waals surface area contributed by atoms with Crippen molar-refractivity contribution in [1.29, 1.82) is 0 Å². The first-order chi connectivity index (χ1) is 8.31. The first kappa shape index (κ1) is 12.1. The van der Waals surface area contributed by atoms with E-state index in [4.69, 9.17) is 11.6 Å². The molecule has 0 aliphatic heterocycles. The lowest BCUT2D eigenvalue weighted by atomic mass is 10.3. The molecule has 1 aromatic heterocycles. The summed E-state index contributed by atoms with van der Waals surface area (Å²) in [5.74, 6) is 0. The minimum absolute atomic E-state index is 0.722. The molecule has 0 saturated heterocycles. The third kappa shape index (κ3) is 3.05. The molecule has 5 heteroatoms. The van der Waals surface area contributed by atoms with Gasteiger partial charge in [-0.2, -0.15) is 0 Å². The molecule has 0 amide bonds. The highest BCUT2D eigenvalue weighted by molar-refractivity contribution is 6.30. The molecule has 1 heterocycles. The fraction of sp³-hybridized carbons (Fsp3) is 0.333. The molecule has 1 aromatic carbocycles. The van der Waals surface area contributed by atoms with Gasteiger partial charge in [-0.15, -0.1) is 5.10 Å². The summed E-state index contributed by atoms with van der Waals surface area (Å²) < 4.78 is 1.82. The minimum Gasteiger partial charge on any atom is -0.311 e. The van der Waals surface area contributed by atoms with Gasteiger partial charge in [0.1, 0.15) is 0 Å². The molecule has 0 unspecified atom stereocenters. The summed E-state index contributed by atoms with van der Waals surface area (Å²) in [4.78, 5) is 0. The number of aromatic nitrogens is 3. The van der Waals surface area contributed by atoms with Crippen LogP contribution in [-0.4, -0.2) is 21.5 Å². The molecule has 0 saturated carbocycles. The number of rotatable bonds is 5. The average molecular weight is 251 g/mol. The van der Waals surface area contributed by atoms with Crippen LogP contribution >= 0.6 is 11.6 Å². The summed E-state index contributed by atoms with van der Waals surface area (Å²) in [6, 6.07) is 7.56. The van der Waals surface area contributed by atoms with E-state index in [-0.39, 0.29) is 0 Å². The van der Waals surface area contributed by atoms with Crippen LogP contribution in [0.5, 0.6) is 0 Å². The van der Waals surface area contributed by atoms with Crippen LogP contribution < -0.4 is 5.32 Å². The van der Waals surface area contributed by atoms with Gasteiger partial charge in [-0.1, -0.05) is 23.7 Å². The van der Waals surface area contributed by atoms with Crippen LogP contribution in [0.2, 0.25) is 5.02 Å². The zero-order valence-corrected chi connectivity index (χ0v) is 10.5. The van der Waals surface area contributed by atoms with Gasteiger partial charge < -0.3 is 5.32 Å². The fourth-order valence-corrected chi connectivity index (χ4v) is 1.70. The van der Waals surface area contributed by atoms with Gasteiger partial charge in [0.05, 0.1) is 17.6 Å². The van der Waals surface area contributed by atoms with Crippen molar-refractivity contribution in [2.75, 3.05) is 6.54 Å². The molecular formula is C12H15ClN4. The smallest absolute Gasteiger partial charge is 0.0783 e. The van der Waals surface area contributed by atoms with Gasteiger partial charge in [0.2, 0.25) is 0 Å².